The molecule has 0 aliphatic carbocycles. The Morgan fingerprint density at radius 3 is 2.62 bits per heavy atom. The highest BCUT2D eigenvalue weighted by atomic mass is 32.1. The molecule has 0 aliphatic rings. The summed E-state index contributed by atoms with van der Waals surface area (Å²) in [6.45, 7) is 2.91. The molecule has 0 fully saturated rings. The van der Waals surface area contributed by atoms with Gasteiger partial charge in [0.25, 0.3) is 0 Å². The zero-order valence-electron chi connectivity index (χ0n) is 7.99. The van der Waals surface area contributed by atoms with Crippen LogP contribution in [0.4, 0.5) is 0 Å². The summed E-state index contributed by atoms with van der Waals surface area (Å²) in [7, 11) is 0. The van der Waals surface area contributed by atoms with Gasteiger partial charge in [-0.1, -0.05) is 6.92 Å². The molecule has 0 saturated carbocycles. The van der Waals surface area contributed by atoms with E-state index in [2.05, 4.69) is 19.1 Å². The Hall–Kier alpha value is -0.380. The number of nitrogens with two attached hydrogens (primary N) is 1. The lowest BCUT2D eigenvalue weighted by Crippen LogP contribution is -2.19. The predicted octanol–water partition coefficient (Wildman–Crippen LogP) is 1.42. The van der Waals surface area contributed by atoms with Crippen molar-refractivity contribution in [3.8, 4) is 0 Å². The Balaban J connectivity index is 2.52. The highest BCUT2D eigenvalue weighted by Gasteiger charge is 2.07. The fourth-order valence-electron chi connectivity index (χ4n) is 1.23. The summed E-state index contributed by atoms with van der Waals surface area (Å²) in [5, 5.41) is 8.98. The van der Waals surface area contributed by atoms with Crippen molar-refractivity contribution in [2.24, 2.45) is 11.7 Å². The number of thiophene rings is 1. The number of hydrogen-bond acceptors (Lipinski definition) is 3. The van der Waals surface area contributed by atoms with E-state index >= 15 is 0 Å². The second kappa shape index (κ2) is 5.37. The van der Waals surface area contributed by atoms with E-state index < -0.39 is 0 Å². The lowest BCUT2D eigenvalue weighted by molar-refractivity contribution is 0.230. The first-order valence-corrected chi connectivity index (χ1v) is 5.50. The van der Waals surface area contributed by atoms with Crippen LogP contribution in [0, 0.1) is 5.92 Å². The summed E-state index contributed by atoms with van der Waals surface area (Å²) in [6.07, 6.45) is 2.01. The van der Waals surface area contributed by atoms with E-state index in [1.165, 1.54) is 9.75 Å². The molecular weight excluding hydrogens is 182 g/mol. The van der Waals surface area contributed by atoms with Crippen LogP contribution in [0.15, 0.2) is 12.1 Å². The minimum Gasteiger partial charge on any atom is -0.396 e. The number of aliphatic hydroxyl groups excluding tert-OH is 1. The van der Waals surface area contributed by atoms with Crippen molar-refractivity contribution in [2.45, 2.75) is 19.8 Å². The van der Waals surface area contributed by atoms with Crippen LogP contribution in [-0.4, -0.2) is 18.3 Å². The second-order valence-corrected chi connectivity index (χ2v) is 4.46. The minimum atomic E-state index is 0.190. The fraction of sp³-hybridized carbons (Fsp3) is 0.600. The maximum atomic E-state index is 8.98. The van der Waals surface area contributed by atoms with Gasteiger partial charge in [0.05, 0.1) is 0 Å². The van der Waals surface area contributed by atoms with Gasteiger partial charge in [-0.2, -0.15) is 0 Å². The molecule has 3 N–H and O–H groups in total. The molecule has 1 atom stereocenters. The number of hydrogen-bond donors (Lipinski definition) is 2. The van der Waals surface area contributed by atoms with Gasteiger partial charge in [0.2, 0.25) is 0 Å². The first-order valence-electron chi connectivity index (χ1n) is 4.68. The van der Waals surface area contributed by atoms with Gasteiger partial charge < -0.3 is 10.8 Å². The molecule has 0 amide bonds. The number of aliphatic hydroxyl groups is 1. The smallest absolute Gasteiger partial charge is 0.0474 e. The summed E-state index contributed by atoms with van der Waals surface area (Å²) < 4.78 is 0. The average Bonchev–Trinajstić information content (AvgIpc) is 2.61. The zero-order chi connectivity index (χ0) is 9.68. The van der Waals surface area contributed by atoms with Crippen LogP contribution in [-0.2, 0) is 12.8 Å². The van der Waals surface area contributed by atoms with Crippen molar-refractivity contribution in [1.82, 2.24) is 0 Å². The Kier molecular flexibility index (Phi) is 4.42. The van der Waals surface area contributed by atoms with Gasteiger partial charge in [-0.05, 0) is 37.4 Å². The lowest BCUT2D eigenvalue weighted by atomic mass is 10.1. The van der Waals surface area contributed by atoms with Gasteiger partial charge in [-0.25, -0.2) is 0 Å². The van der Waals surface area contributed by atoms with Gasteiger partial charge in [0, 0.05) is 16.4 Å². The van der Waals surface area contributed by atoms with Crippen LogP contribution in [0.5, 0.6) is 0 Å². The molecule has 3 heteroatoms. The molecule has 13 heavy (non-hydrogen) atoms. The third kappa shape index (κ3) is 3.10. The van der Waals surface area contributed by atoms with E-state index in [1.54, 1.807) is 0 Å². The third-order valence-electron chi connectivity index (χ3n) is 2.15. The molecule has 0 bridgehead atoms. The Bertz CT molecular complexity index is 243. The molecule has 0 aliphatic heterocycles. The molecule has 0 saturated heterocycles. The second-order valence-electron chi connectivity index (χ2n) is 3.21. The molecule has 1 rings (SSSR count). The van der Waals surface area contributed by atoms with Gasteiger partial charge >= 0.3 is 0 Å². The Labute approximate surface area is 83.4 Å². The maximum absolute atomic E-state index is 8.98. The highest BCUT2D eigenvalue weighted by Crippen LogP contribution is 2.19. The van der Waals surface area contributed by atoms with Crippen molar-refractivity contribution in [3.05, 3.63) is 21.9 Å². The fourth-order valence-corrected chi connectivity index (χ4v) is 2.30. The SMILES string of the molecule is CCc1ccc(CC(CN)CO)s1. The molecule has 0 radical (unpaired) electrons. The standard InChI is InChI=1S/C10H17NOS/c1-2-9-3-4-10(13-9)5-8(6-11)7-12/h3-4,8,12H,2,5-7,11H2,1H3. The van der Waals surface area contributed by atoms with Crippen LogP contribution < -0.4 is 5.73 Å². The molecular formula is C10H17NOS. The van der Waals surface area contributed by atoms with Gasteiger partial charge in [-0.15, -0.1) is 11.3 Å². The predicted molar refractivity (Wildman–Crippen MR) is 57.0 cm³/mol. The first-order chi connectivity index (χ1) is 6.30. The van der Waals surface area contributed by atoms with E-state index in [-0.39, 0.29) is 12.5 Å². The number of rotatable bonds is 5. The number of aryl methyl sites for hydroxylation is 1. The maximum Gasteiger partial charge on any atom is 0.0474 e. The van der Waals surface area contributed by atoms with E-state index in [1.807, 2.05) is 11.3 Å². The molecule has 0 aromatic carbocycles. The lowest BCUT2D eigenvalue weighted by Gasteiger charge is -2.08. The Morgan fingerprint density at radius 2 is 2.15 bits per heavy atom. The largest absolute Gasteiger partial charge is 0.396 e. The Morgan fingerprint density at radius 1 is 1.46 bits per heavy atom. The third-order valence-corrected chi connectivity index (χ3v) is 3.40. The molecule has 1 aromatic rings. The van der Waals surface area contributed by atoms with Crippen molar-refractivity contribution in [2.75, 3.05) is 13.2 Å². The molecule has 1 unspecified atom stereocenters. The topological polar surface area (TPSA) is 46.2 Å². The van der Waals surface area contributed by atoms with Crippen LogP contribution in [0.25, 0.3) is 0 Å². The summed E-state index contributed by atoms with van der Waals surface area (Å²) in [4.78, 5) is 2.74. The van der Waals surface area contributed by atoms with Crippen LogP contribution in [0.3, 0.4) is 0 Å². The molecule has 2 nitrogen and oxygen atoms in total. The van der Waals surface area contributed by atoms with E-state index in [9.17, 15) is 0 Å². The minimum absolute atomic E-state index is 0.190. The average molecular weight is 199 g/mol. The van der Waals surface area contributed by atoms with Crippen molar-refractivity contribution < 1.29 is 5.11 Å². The van der Waals surface area contributed by atoms with Crippen LogP contribution in [0.2, 0.25) is 0 Å². The summed E-state index contributed by atoms with van der Waals surface area (Å²) in [6, 6.07) is 4.30. The van der Waals surface area contributed by atoms with Crippen LogP contribution >= 0.6 is 11.3 Å². The van der Waals surface area contributed by atoms with Crippen LogP contribution in [0.1, 0.15) is 16.7 Å². The van der Waals surface area contributed by atoms with Gasteiger partial charge in [0.1, 0.15) is 0 Å². The summed E-state index contributed by atoms with van der Waals surface area (Å²) in [5.74, 6) is 0.225. The summed E-state index contributed by atoms with van der Waals surface area (Å²) in [5.41, 5.74) is 5.52. The van der Waals surface area contributed by atoms with Gasteiger partial charge in [0.15, 0.2) is 0 Å². The quantitative estimate of drug-likeness (QED) is 0.753. The molecule has 1 aromatic heterocycles. The van der Waals surface area contributed by atoms with Crippen molar-refractivity contribution in [3.63, 3.8) is 0 Å². The monoisotopic (exact) mass is 199 g/mol. The van der Waals surface area contributed by atoms with E-state index in [0.29, 0.717) is 6.54 Å². The first kappa shape index (κ1) is 10.7. The summed E-state index contributed by atoms with van der Waals surface area (Å²) >= 11 is 1.83. The van der Waals surface area contributed by atoms with E-state index in [4.69, 9.17) is 10.8 Å². The molecule has 0 spiro atoms. The van der Waals surface area contributed by atoms with E-state index in [0.717, 1.165) is 12.8 Å². The molecule has 74 valence electrons. The highest BCUT2D eigenvalue weighted by molar-refractivity contribution is 7.11. The van der Waals surface area contributed by atoms with Crippen molar-refractivity contribution in [1.29, 1.82) is 0 Å². The molecule has 1 heterocycles. The zero-order valence-corrected chi connectivity index (χ0v) is 8.81. The van der Waals surface area contributed by atoms with Crippen molar-refractivity contribution >= 4 is 11.3 Å². The van der Waals surface area contributed by atoms with Gasteiger partial charge in [-0.3, -0.25) is 0 Å². The normalized spacial score (nSPS) is 13.2.